The zero-order valence-electron chi connectivity index (χ0n) is 12.5. The Labute approximate surface area is 152 Å². The lowest BCUT2D eigenvalue weighted by molar-refractivity contribution is 0.0955. The van der Waals surface area contributed by atoms with Crippen molar-refractivity contribution in [3.8, 4) is 11.5 Å². The summed E-state index contributed by atoms with van der Waals surface area (Å²) in [6.07, 6.45) is 1.49. The number of ether oxygens (including phenoxy) is 2. The lowest BCUT2D eigenvalue weighted by atomic mass is 10.2. The molecule has 23 heavy (non-hydrogen) atoms. The molecule has 0 spiro atoms. The molecule has 1 N–H and O–H groups in total. The van der Waals surface area contributed by atoms with Gasteiger partial charge in [0.25, 0.3) is 5.91 Å². The summed E-state index contributed by atoms with van der Waals surface area (Å²) in [7, 11) is 3.03. The summed E-state index contributed by atoms with van der Waals surface area (Å²) in [5.41, 5.74) is 3.69. The van der Waals surface area contributed by atoms with Gasteiger partial charge >= 0.3 is 0 Å². The maximum Gasteiger partial charge on any atom is 0.271 e. The van der Waals surface area contributed by atoms with Gasteiger partial charge in [0.05, 0.1) is 25.5 Å². The van der Waals surface area contributed by atoms with Gasteiger partial charge in [-0.15, -0.1) is 0 Å². The van der Waals surface area contributed by atoms with Crippen LogP contribution in [0.5, 0.6) is 11.5 Å². The lowest BCUT2D eigenvalue weighted by Crippen LogP contribution is -2.17. The lowest BCUT2D eigenvalue weighted by Gasteiger charge is -2.09. The van der Waals surface area contributed by atoms with Crippen LogP contribution in [0.4, 0.5) is 0 Å². The molecule has 0 bridgehead atoms. The molecule has 7 heteroatoms. The van der Waals surface area contributed by atoms with E-state index in [9.17, 15) is 4.79 Å². The number of carbonyl (C=O) groups excluding carboxylic acids is 1. The number of benzene rings is 2. The number of hydrogen-bond donors (Lipinski definition) is 1. The zero-order chi connectivity index (χ0) is 16.8. The molecular formula is C16H14ClIN2O3. The summed E-state index contributed by atoms with van der Waals surface area (Å²) in [5.74, 6) is 0.658. The molecule has 5 nitrogen and oxygen atoms in total. The highest BCUT2D eigenvalue weighted by atomic mass is 127. The SMILES string of the molecule is COc1cc(C=NNC(=O)c2cccc(I)c2)cc(Cl)c1OC. The average Bonchev–Trinajstić information content (AvgIpc) is 2.54. The van der Waals surface area contributed by atoms with Crippen LogP contribution in [0.2, 0.25) is 5.02 Å². The minimum Gasteiger partial charge on any atom is -0.493 e. The maximum absolute atomic E-state index is 12.0. The number of nitrogens with zero attached hydrogens (tertiary/aromatic N) is 1. The predicted molar refractivity (Wildman–Crippen MR) is 98.8 cm³/mol. The molecule has 2 rings (SSSR count). The Morgan fingerprint density at radius 3 is 2.70 bits per heavy atom. The molecule has 0 saturated carbocycles. The number of halogens is 2. The van der Waals surface area contributed by atoms with E-state index in [1.165, 1.54) is 20.4 Å². The quantitative estimate of drug-likeness (QED) is 0.434. The van der Waals surface area contributed by atoms with Crippen molar-refractivity contribution in [2.75, 3.05) is 14.2 Å². The van der Waals surface area contributed by atoms with Crippen molar-refractivity contribution in [2.24, 2.45) is 5.10 Å². The third kappa shape index (κ3) is 4.59. The molecule has 2 aromatic carbocycles. The van der Waals surface area contributed by atoms with Gasteiger partial charge in [-0.1, -0.05) is 17.7 Å². The van der Waals surface area contributed by atoms with E-state index in [0.717, 1.165) is 3.57 Å². The Balaban J connectivity index is 2.11. The van der Waals surface area contributed by atoms with E-state index < -0.39 is 0 Å². The number of carbonyl (C=O) groups is 1. The number of hydrazone groups is 1. The third-order valence-electron chi connectivity index (χ3n) is 2.92. The number of amides is 1. The molecule has 0 radical (unpaired) electrons. The fourth-order valence-electron chi connectivity index (χ4n) is 1.87. The van der Waals surface area contributed by atoms with Crippen molar-refractivity contribution in [3.05, 3.63) is 56.1 Å². The fourth-order valence-corrected chi connectivity index (χ4v) is 2.71. The van der Waals surface area contributed by atoms with Gasteiger partial charge in [0, 0.05) is 9.13 Å². The first-order valence-corrected chi connectivity index (χ1v) is 8.01. The van der Waals surface area contributed by atoms with Crippen molar-refractivity contribution < 1.29 is 14.3 Å². The molecule has 0 atom stereocenters. The van der Waals surface area contributed by atoms with Crippen LogP contribution in [0.25, 0.3) is 0 Å². The Morgan fingerprint density at radius 2 is 2.04 bits per heavy atom. The van der Waals surface area contributed by atoms with Crippen LogP contribution in [0, 0.1) is 3.57 Å². The van der Waals surface area contributed by atoms with Crippen molar-refractivity contribution in [2.45, 2.75) is 0 Å². The van der Waals surface area contributed by atoms with Gasteiger partial charge in [0.1, 0.15) is 0 Å². The second kappa shape index (κ2) is 8.16. The van der Waals surface area contributed by atoms with Gasteiger partial charge in [0.2, 0.25) is 0 Å². The average molecular weight is 445 g/mol. The van der Waals surface area contributed by atoms with Gasteiger partial charge in [-0.2, -0.15) is 5.10 Å². The second-order valence-electron chi connectivity index (χ2n) is 4.45. The van der Waals surface area contributed by atoms with Crippen molar-refractivity contribution in [1.29, 1.82) is 0 Å². The first-order valence-electron chi connectivity index (χ1n) is 6.55. The summed E-state index contributed by atoms with van der Waals surface area (Å²) in [4.78, 5) is 12.0. The Morgan fingerprint density at radius 1 is 1.26 bits per heavy atom. The predicted octanol–water partition coefficient (Wildman–Crippen LogP) is 3.73. The summed E-state index contributed by atoms with van der Waals surface area (Å²) >= 11 is 8.26. The van der Waals surface area contributed by atoms with Crippen LogP contribution < -0.4 is 14.9 Å². The van der Waals surface area contributed by atoms with Gasteiger partial charge in [0.15, 0.2) is 11.5 Å². The molecule has 2 aromatic rings. The molecule has 120 valence electrons. The fraction of sp³-hybridized carbons (Fsp3) is 0.125. The van der Waals surface area contributed by atoms with Crippen molar-refractivity contribution in [1.82, 2.24) is 5.43 Å². The summed E-state index contributed by atoms with van der Waals surface area (Å²) in [6.45, 7) is 0. The molecule has 1 amide bonds. The molecule has 0 aliphatic carbocycles. The Kier molecular flexibility index (Phi) is 6.23. The third-order valence-corrected chi connectivity index (χ3v) is 3.87. The zero-order valence-corrected chi connectivity index (χ0v) is 15.4. The molecule has 0 aliphatic rings. The normalized spacial score (nSPS) is 10.6. The highest BCUT2D eigenvalue weighted by molar-refractivity contribution is 14.1. The van der Waals surface area contributed by atoms with Crippen LogP contribution in [0.1, 0.15) is 15.9 Å². The van der Waals surface area contributed by atoms with E-state index in [1.807, 2.05) is 12.1 Å². The molecule has 0 fully saturated rings. The number of hydrogen-bond acceptors (Lipinski definition) is 4. The minimum atomic E-state index is -0.286. The smallest absolute Gasteiger partial charge is 0.271 e. The van der Waals surface area contributed by atoms with Crippen LogP contribution in [-0.2, 0) is 0 Å². The standard InChI is InChI=1S/C16H14ClIN2O3/c1-22-14-7-10(6-13(17)15(14)23-2)9-19-20-16(21)11-4-3-5-12(18)8-11/h3-9H,1-2H3,(H,20,21). The molecular weight excluding hydrogens is 431 g/mol. The highest BCUT2D eigenvalue weighted by Gasteiger charge is 2.10. The Hall–Kier alpha value is -1.80. The van der Waals surface area contributed by atoms with Crippen molar-refractivity contribution >= 4 is 46.3 Å². The molecule has 0 heterocycles. The highest BCUT2D eigenvalue weighted by Crippen LogP contribution is 2.35. The molecule has 0 aliphatic heterocycles. The van der Waals surface area contributed by atoms with Crippen LogP contribution >= 0.6 is 34.2 Å². The topological polar surface area (TPSA) is 59.9 Å². The second-order valence-corrected chi connectivity index (χ2v) is 6.10. The number of nitrogens with one attached hydrogen (secondary N) is 1. The molecule has 0 aromatic heterocycles. The minimum absolute atomic E-state index is 0.286. The maximum atomic E-state index is 12.0. The van der Waals surface area contributed by atoms with E-state index >= 15 is 0 Å². The number of methoxy groups -OCH3 is 2. The monoisotopic (exact) mass is 444 g/mol. The van der Waals surface area contributed by atoms with Crippen molar-refractivity contribution in [3.63, 3.8) is 0 Å². The largest absolute Gasteiger partial charge is 0.493 e. The van der Waals surface area contributed by atoms with Gasteiger partial charge < -0.3 is 9.47 Å². The van der Waals surface area contributed by atoms with Crippen LogP contribution in [0.3, 0.4) is 0 Å². The number of rotatable bonds is 5. The first kappa shape index (κ1) is 17.6. The summed E-state index contributed by atoms with van der Waals surface area (Å²) < 4.78 is 11.3. The van der Waals surface area contributed by atoms with E-state index in [-0.39, 0.29) is 5.91 Å². The van der Waals surface area contributed by atoms with Crippen LogP contribution in [-0.4, -0.2) is 26.3 Å². The van der Waals surface area contributed by atoms with E-state index in [2.05, 4.69) is 33.1 Å². The summed E-state index contributed by atoms with van der Waals surface area (Å²) in [5, 5.41) is 4.34. The van der Waals surface area contributed by atoms with E-state index in [4.69, 9.17) is 21.1 Å². The van der Waals surface area contributed by atoms with Gasteiger partial charge in [-0.05, 0) is 58.5 Å². The van der Waals surface area contributed by atoms with Gasteiger partial charge in [-0.25, -0.2) is 5.43 Å². The Bertz CT molecular complexity index is 750. The summed E-state index contributed by atoms with van der Waals surface area (Å²) in [6, 6.07) is 10.6. The van der Waals surface area contributed by atoms with E-state index in [0.29, 0.717) is 27.6 Å². The molecule has 0 saturated heterocycles. The molecule has 0 unspecified atom stereocenters. The van der Waals surface area contributed by atoms with Gasteiger partial charge in [-0.3, -0.25) is 4.79 Å². The first-order chi connectivity index (χ1) is 11.0. The van der Waals surface area contributed by atoms with E-state index in [1.54, 1.807) is 24.3 Å². The van der Waals surface area contributed by atoms with Crippen LogP contribution in [0.15, 0.2) is 41.5 Å².